The molecule has 0 fully saturated rings. The van der Waals surface area contributed by atoms with Crippen LogP contribution in [0.2, 0.25) is 5.02 Å². The number of nitrogens with one attached hydrogen (secondary N) is 3. The number of urea groups is 1. The van der Waals surface area contributed by atoms with Gasteiger partial charge in [-0.25, -0.2) is 14.5 Å². The molecule has 28 heavy (non-hydrogen) atoms. The van der Waals surface area contributed by atoms with Gasteiger partial charge in [0, 0.05) is 11.1 Å². The Morgan fingerprint density at radius 3 is 2.86 bits per heavy atom. The molecule has 0 aliphatic heterocycles. The van der Waals surface area contributed by atoms with Gasteiger partial charge in [-0.05, 0) is 32.0 Å². The van der Waals surface area contributed by atoms with Gasteiger partial charge in [-0.15, -0.1) is 0 Å². The molecule has 0 saturated heterocycles. The summed E-state index contributed by atoms with van der Waals surface area (Å²) in [4.78, 5) is 42.7. The molecule has 0 saturated carbocycles. The number of benzene rings is 1. The lowest BCUT2D eigenvalue weighted by atomic mass is 10.3. The molecule has 2 heterocycles. The zero-order valence-corrected chi connectivity index (χ0v) is 16.6. The summed E-state index contributed by atoms with van der Waals surface area (Å²) in [6, 6.07) is 6.32. The molecule has 0 radical (unpaired) electrons. The molecule has 11 heteroatoms. The highest BCUT2D eigenvalue weighted by molar-refractivity contribution is 7.99. The molecule has 3 rings (SSSR count). The number of thioether (sulfide) groups is 1. The molecule has 3 aromatic rings. The van der Waals surface area contributed by atoms with E-state index in [0.29, 0.717) is 21.7 Å². The van der Waals surface area contributed by atoms with E-state index in [0.717, 1.165) is 11.8 Å². The molecular formula is C17H17ClN6O3S. The number of aromatic amines is 1. The molecule has 9 nitrogen and oxygen atoms in total. The number of rotatable bonds is 5. The van der Waals surface area contributed by atoms with Gasteiger partial charge in [0.2, 0.25) is 5.91 Å². The van der Waals surface area contributed by atoms with Crippen LogP contribution in [0.5, 0.6) is 0 Å². The van der Waals surface area contributed by atoms with E-state index < -0.39 is 11.9 Å². The van der Waals surface area contributed by atoms with E-state index in [1.165, 1.54) is 10.9 Å². The standard InChI is InChI=1S/C17H17ClN6O3S/c1-9(2)20-16(27)21-13(25)8-28-17-22-14-12(15(26)23-17)7-19-24(14)11-5-3-4-10(18)6-11/h3-7,9H,8H2,1-2H3,(H,22,23,26)(H2,20,21,25,27). The zero-order valence-electron chi connectivity index (χ0n) is 15.0. The first-order chi connectivity index (χ1) is 13.3. The average Bonchev–Trinajstić information content (AvgIpc) is 3.03. The molecule has 0 spiro atoms. The van der Waals surface area contributed by atoms with Crippen molar-refractivity contribution >= 4 is 46.3 Å². The van der Waals surface area contributed by atoms with Gasteiger partial charge in [-0.2, -0.15) is 5.10 Å². The van der Waals surface area contributed by atoms with Crippen molar-refractivity contribution in [3.63, 3.8) is 0 Å². The van der Waals surface area contributed by atoms with Crippen molar-refractivity contribution in [2.24, 2.45) is 0 Å². The van der Waals surface area contributed by atoms with Crippen molar-refractivity contribution in [3.05, 3.63) is 45.8 Å². The first-order valence-corrected chi connectivity index (χ1v) is 9.67. The number of amides is 3. The minimum Gasteiger partial charge on any atom is -0.336 e. The number of H-pyrrole nitrogens is 1. The summed E-state index contributed by atoms with van der Waals surface area (Å²) in [5, 5.41) is 10.0. The van der Waals surface area contributed by atoms with Gasteiger partial charge in [-0.3, -0.25) is 14.9 Å². The second-order valence-corrected chi connectivity index (χ2v) is 7.51. The topological polar surface area (TPSA) is 122 Å². The molecule has 146 valence electrons. The van der Waals surface area contributed by atoms with Gasteiger partial charge in [0.05, 0.1) is 17.6 Å². The molecule has 0 aliphatic rings. The van der Waals surface area contributed by atoms with Crippen LogP contribution < -0.4 is 16.2 Å². The molecule has 0 atom stereocenters. The van der Waals surface area contributed by atoms with Crippen LogP contribution >= 0.6 is 23.4 Å². The summed E-state index contributed by atoms with van der Waals surface area (Å²) < 4.78 is 1.50. The third kappa shape index (κ3) is 4.70. The monoisotopic (exact) mass is 420 g/mol. The minimum absolute atomic E-state index is 0.0901. The largest absolute Gasteiger partial charge is 0.336 e. The Bertz CT molecular complexity index is 1090. The molecule has 3 N–H and O–H groups in total. The lowest BCUT2D eigenvalue weighted by molar-refractivity contribution is -0.117. The quantitative estimate of drug-likeness (QED) is 0.429. The van der Waals surface area contributed by atoms with Crippen molar-refractivity contribution in [1.82, 2.24) is 30.4 Å². The van der Waals surface area contributed by atoms with Crippen LogP contribution in [0.1, 0.15) is 13.8 Å². The van der Waals surface area contributed by atoms with Gasteiger partial charge in [0.1, 0.15) is 5.39 Å². The van der Waals surface area contributed by atoms with E-state index in [2.05, 4.69) is 25.7 Å². The summed E-state index contributed by atoms with van der Waals surface area (Å²) in [5.41, 5.74) is 0.616. The van der Waals surface area contributed by atoms with Crippen LogP contribution in [-0.4, -0.2) is 43.5 Å². The second kappa shape index (κ2) is 8.44. The number of imide groups is 1. The number of fused-ring (bicyclic) bond motifs is 1. The predicted molar refractivity (Wildman–Crippen MR) is 107 cm³/mol. The lowest BCUT2D eigenvalue weighted by Gasteiger charge is -2.09. The van der Waals surface area contributed by atoms with E-state index >= 15 is 0 Å². The maximum atomic E-state index is 12.3. The van der Waals surface area contributed by atoms with Crippen LogP contribution in [0.3, 0.4) is 0 Å². The van der Waals surface area contributed by atoms with E-state index in [-0.39, 0.29) is 22.5 Å². The van der Waals surface area contributed by atoms with Crippen LogP contribution in [-0.2, 0) is 4.79 Å². The summed E-state index contributed by atoms with van der Waals surface area (Å²) in [6.07, 6.45) is 1.42. The Labute approximate surface area is 168 Å². The summed E-state index contributed by atoms with van der Waals surface area (Å²) >= 11 is 7.03. The van der Waals surface area contributed by atoms with Crippen LogP contribution in [0, 0.1) is 0 Å². The van der Waals surface area contributed by atoms with Crippen molar-refractivity contribution in [1.29, 1.82) is 0 Å². The Morgan fingerprint density at radius 1 is 1.36 bits per heavy atom. The Kier molecular flexibility index (Phi) is 6.00. The second-order valence-electron chi connectivity index (χ2n) is 6.11. The number of carbonyl (C=O) groups is 2. The van der Waals surface area contributed by atoms with Crippen LogP contribution in [0.15, 0.2) is 40.4 Å². The minimum atomic E-state index is -0.573. The van der Waals surface area contributed by atoms with E-state index in [4.69, 9.17) is 11.6 Å². The van der Waals surface area contributed by atoms with Gasteiger partial charge in [0.15, 0.2) is 10.8 Å². The van der Waals surface area contributed by atoms with Crippen LogP contribution in [0.4, 0.5) is 4.79 Å². The lowest BCUT2D eigenvalue weighted by Crippen LogP contribution is -2.43. The third-order valence-corrected chi connectivity index (χ3v) is 4.59. The van der Waals surface area contributed by atoms with Gasteiger partial charge >= 0.3 is 6.03 Å². The van der Waals surface area contributed by atoms with Gasteiger partial charge < -0.3 is 10.3 Å². The van der Waals surface area contributed by atoms with Gasteiger partial charge in [0.25, 0.3) is 5.56 Å². The smallest absolute Gasteiger partial charge is 0.321 e. The SMILES string of the molecule is CC(C)NC(=O)NC(=O)CSc1nc2c(cnn2-c2cccc(Cl)c2)c(=O)[nH]1. The normalized spacial score (nSPS) is 11.0. The summed E-state index contributed by atoms with van der Waals surface area (Å²) in [5.74, 6) is -0.597. The number of nitrogens with zero attached hydrogens (tertiary/aromatic N) is 3. The van der Waals surface area contributed by atoms with Crippen molar-refractivity contribution in [2.45, 2.75) is 25.0 Å². The Balaban J connectivity index is 1.79. The number of carbonyl (C=O) groups excluding carboxylic acids is 2. The number of aromatic nitrogens is 4. The number of hydrogen-bond donors (Lipinski definition) is 3. The molecule has 1 aromatic carbocycles. The maximum Gasteiger partial charge on any atom is 0.321 e. The Hall–Kier alpha value is -2.85. The van der Waals surface area contributed by atoms with Crippen LogP contribution in [0.25, 0.3) is 16.7 Å². The van der Waals surface area contributed by atoms with Crippen molar-refractivity contribution in [2.75, 3.05) is 5.75 Å². The zero-order chi connectivity index (χ0) is 20.3. The Morgan fingerprint density at radius 2 is 2.14 bits per heavy atom. The number of halogens is 1. The van der Waals surface area contributed by atoms with E-state index in [1.54, 1.807) is 38.1 Å². The summed E-state index contributed by atoms with van der Waals surface area (Å²) in [7, 11) is 0. The number of hydrogen-bond acceptors (Lipinski definition) is 6. The molecule has 3 amide bonds. The fourth-order valence-electron chi connectivity index (χ4n) is 2.36. The first-order valence-electron chi connectivity index (χ1n) is 8.30. The molecule has 0 unspecified atom stereocenters. The fourth-order valence-corrected chi connectivity index (χ4v) is 3.20. The van der Waals surface area contributed by atoms with Crippen molar-refractivity contribution in [3.8, 4) is 5.69 Å². The highest BCUT2D eigenvalue weighted by Gasteiger charge is 2.14. The molecule has 2 aromatic heterocycles. The average molecular weight is 421 g/mol. The predicted octanol–water partition coefficient (Wildman–Crippen LogP) is 2.09. The van der Waals surface area contributed by atoms with E-state index in [9.17, 15) is 14.4 Å². The maximum absolute atomic E-state index is 12.3. The van der Waals surface area contributed by atoms with Gasteiger partial charge in [-0.1, -0.05) is 29.4 Å². The highest BCUT2D eigenvalue weighted by atomic mass is 35.5. The molecular weight excluding hydrogens is 404 g/mol. The first kappa shape index (κ1) is 19.9. The molecule has 0 aliphatic carbocycles. The molecule has 0 bridgehead atoms. The van der Waals surface area contributed by atoms with Crippen molar-refractivity contribution < 1.29 is 9.59 Å². The summed E-state index contributed by atoms with van der Waals surface area (Å²) in [6.45, 7) is 3.57. The highest BCUT2D eigenvalue weighted by Crippen LogP contribution is 2.19. The van der Waals surface area contributed by atoms with E-state index in [1.807, 2.05) is 0 Å². The fraction of sp³-hybridized carbons (Fsp3) is 0.235. The third-order valence-electron chi connectivity index (χ3n) is 3.48.